The van der Waals surface area contributed by atoms with Crippen LogP contribution in [0.3, 0.4) is 0 Å². The van der Waals surface area contributed by atoms with Gasteiger partial charge in [-0.2, -0.15) is 0 Å². The van der Waals surface area contributed by atoms with Crippen LogP contribution >= 0.6 is 11.6 Å². The molecule has 13 heavy (non-hydrogen) atoms. The first-order valence-corrected chi connectivity index (χ1v) is 4.29. The first kappa shape index (κ1) is 10.2. The van der Waals surface area contributed by atoms with Crippen LogP contribution in [0.4, 0.5) is 5.69 Å². The predicted octanol–water partition coefficient (Wildman–Crippen LogP) is 1.95. The van der Waals surface area contributed by atoms with E-state index in [1.54, 1.807) is 25.3 Å². The van der Waals surface area contributed by atoms with Crippen LogP contribution in [0.25, 0.3) is 0 Å². The van der Waals surface area contributed by atoms with Crippen molar-refractivity contribution in [2.75, 3.05) is 26.1 Å². The van der Waals surface area contributed by atoms with Gasteiger partial charge in [0, 0.05) is 7.11 Å². The van der Waals surface area contributed by atoms with Crippen molar-refractivity contribution in [1.29, 1.82) is 0 Å². The molecule has 72 valence electrons. The van der Waals surface area contributed by atoms with Gasteiger partial charge in [0.1, 0.15) is 12.4 Å². The second kappa shape index (κ2) is 4.94. The summed E-state index contributed by atoms with van der Waals surface area (Å²) >= 11 is 5.79. The van der Waals surface area contributed by atoms with Gasteiger partial charge in [-0.1, -0.05) is 17.7 Å². The number of benzene rings is 1. The monoisotopic (exact) mass is 201 g/mol. The summed E-state index contributed by atoms with van der Waals surface area (Å²) in [6, 6.07) is 5.29. The van der Waals surface area contributed by atoms with E-state index < -0.39 is 0 Å². The summed E-state index contributed by atoms with van der Waals surface area (Å²) < 4.78 is 10.2. The van der Waals surface area contributed by atoms with Crippen molar-refractivity contribution >= 4 is 17.3 Å². The lowest BCUT2D eigenvalue weighted by Crippen LogP contribution is -2.05. The lowest BCUT2D eigenvalue weighted by molar-refractivity contribution is 0.146. The van der Waals surface area contributed by atoms with E-state index in [1.807, 2.05) is 0 Å². The number of rotatable bonds is 4. The van der Waals surface area contributed by atoms with Crippen molar-refractivity contribution in [3.05, 3.63) is 23.2 Å². The number of halogens is 1. The third kappa shape index (κ3) is 2.79. The number of para-hydroxylation sites is 1. The summed E-state index contributed by atoms with van der Waals surface area (Å²) in [5, 5.41) is 0.509. The van der Waals surface area contributed by atoms with Gasteiger partial charge in [0.25, 0.3) is 0 Å². The summed E-state index contributed by atoms with van der Waals surface area (Å²) in [7, 11) is 1.62. The van der Waals surface area contributed by atoms with Crippen LogP contribution in [0.15, 0.2) is 18.2 Å². The highest BCUT2D eigenvalue weighted by atomic mass is 35.5. The van der Waals surface area contributed by atoms with Crippen molar-refractivity contribution in [3.63, 3.8) is 0 Å². The number of hydrogen-bond donors (Lipinski definition) is 1. The van der Waals surface area contributed by atoms with Crippen molar-refractivity contribution < 1.29 is 9.47 Å². The molecular weight excluding hydrogens is 190 g/mol. The molecule has 0 aliphatic rings. The van der Waals surface area contributed by atoms with Crippen LogP contribution < -0.4 is 10.5 Å². The number of ether oxygens (including phenoxy) is 2. The summed E-state index contributed by atoms with van der Waals surface area (Å²) in [5.74, 6) is 0.601. The van der Waals surface area contributed by atoms with Crippen molar-refractivity contribution in [1.82, 2.24) is 0 Å². The Hall–Kier alpha value is -0.930. The zero-order valence-corrected chi connectivity index (χ0v) is 8.17. The molecule has 4 heteroatoms. The van der Waals surface area contributed by atoms with Gasteiger partial charge in [-0.3, -0.25) is 0 Å². The standard InChI is InChI=1S/C9H12ClNO2/c1-12-5-6-13-8-4-2-3-7(10)9(8)11/h2-4H,5-6,11H2,1H3. The Balaban J connectivity index is 2.61. The summed E-state index contributed by atoms with van der Waals surface area (Å²) in [5.41, 5.74) is 6.14. The van der Waals surface area contributed by atoms with E-state index in [2.05, 4.69) is 0 Å². The van der Waals surface area contributed by atoms with Gasteiger partial charge >= 0.3 is 0 Å². The lowest BCUT2D eigenvalue weighted by atomic mass is 10.3. The molecule has 0 fully saturated rings. The molecule has 2 N–H and O–H groups in total. The molecule has 0 atom stereocenters. The number of nitrogens with two attached hydrogens (primary N) is 1. The molecule has 0 heterocycles. The minimum absolute atomic E-state index is 0.472. The highest BCUT2D eigenvalue weighted by molar-refractivity contribution is 6.33. The Kier molecular flexibility index (Phi) is 3.86. The van der Waals surface area contributed by atoms with Gasteiger partial charge in [0.15, 0.2) is 0 Å². The normalized spacial score (nSPS) is 10.0. The predicted molar refractivity (Wildman–Crippen MR) is 53.2 cm³/mol. The fraction of sp³-hybridized carbons (Fsp3) is 0.333. The van der Waals surface area contributed by atoms with Gasteiger partial charge in [-0.15, -0.1) is 0 Å². The number of methoxy groups -OCH3 is 1. The van der Waals surface area contributed by atoms with E-state index in [0.717, 1.165) is 0 Å². The maximum absolute atomic E-state index is 5.79. The molecule has 0 saturated carbocycles. The fourth-order valence-corrected chi connectivity index (χ4v) is 1.04. The first-order valence-electron chi connectivity index (χ1n) is 3.91. The molecule has 1 aromatic rings. The summed E-state index contributed by atoms with van der Waals surface area (Å²) in [6.45, 7) is 1.01. The van der Waals surface area contributed by atoms with Crippen LogP contribution in [0.1, 0.15) is 0 Å². The Morgan fingerprint density at radius 3 is 2.85 bits per heavy atom. The van der Waals surface area contributed by atoms with E-state index in [9.17, 15) is 0 Å². The van der Waals surface area contributed by atoms with Gasteiger partial charge in [0.2, 0.25) is 0 Å². The van der Waals surface area contributed by atoms with E-state index >= 15 is 0 Å². The maximum atomic E-state index is 5.79. The van der Waals surface area contributed by atoms with Gasteiger partial charge < -0.3 is 15.2 Å². The molecule has 0 amide bonds. The Bertz CT molecular complexity index is 278. The van der Waals surface area contributed by atoms with E-state index in [4.69, 9.17) is 26.8 Å². The molecule has 1 rings (SSSR count). The average Bonchev–Trinajstić information content (AvgIpc) is 2.13. The number of nitrogen functional groups attached to an aromatic ring is 1. The Morgan fingerprint density at radius 1 is 1.38 bits per heavy atom. The van der Waals surface area contributed by atoms with E-state index in [0.29, 0.717) is 29.7 Å². The molecule has 0 spiro atoms. The summed E-state index contributed by atoms with van der Waals surface area (Å²) in [4.78, 5) is 0. The third-order valence-corrected chi connectivity index (χ3v) is 1.89. The number of hydrogen-bond acceptors (Lipinski definition) is 3. The van der Waals surface area contributed by atoms with Gasteiger partial charge in [-0.05, 0) is 12.1 Å². The van der Waals surface area contributed by atoms with Crippen molar-refractivity contribution in [3.8, 4) is 5.75 Å². The first-order chi connectivity index (χ1) is 6.25. The smallest absolute Gasteiger partial charge is 0.143 e. The van der Waals surface area contributed by atoms with Gasteiger partial charge in [0.05, 0.1) is 17.3 Å². The molecule has 0 aromatic heterocycles. The quantitative estimate of drug-likeness (QED) is 0.598. The zero-order chi connectivity index (χ0) is 9.68. The van der Waals surface area contributed by atoms with Crippen molar-refractivity contribution in [2.45, 2.75) is 0 Å². The highest BCUT2D eigenvalue weighted by Gasteiger charge is 2.02. The fourth-order valence-electron chi connectivity index (χ4n) is 0.878. The molecule has 0 aliphatic carbocycles. The number of anilines is 1. The molecule has 1 aromatic carbocycles. The second-order valence-corrected chi connectivity index (χ2v) is 2.90. The topological polar surface area (TPSA) is 44.5 Å². The largest absolute Gasteiger partial charge is 0.489 e. The van der Waals surface area contributed by atoms with Crippen LogP contribution in [0.2, 0.25) is 5.02 Å². The van der Waals surface area contributed by atoms with Crippen molar-refractivity contribution in [2.24, 2.45) is 0 Å². The molecular formula is C9H12ClNO2. The van der Waals surface area contributed by atoms with E-state index in [-0.39, 0.29) is 0 Å². The molecule has 3 nitrogen and oxygen atoms in total. The SMILES string of the molecule is COCCOc1cccc(Cl)c1N. The van der Waals surface area contributed by atoms with Gasteiger partial charge in [-0.25, -0.2) is 0 Å². The molecule has 0 aliphatic heterocycles. The Morgan fingerprint density at radius 2 is 2.15 bits per heavy atom. The minimum Gasteiger partial charge on any atom is -0.489 e. The van der Waals surface area contributed by atoms with Crippen LogP contribution in [-0.4, -0.2) is 20.3 Å². The molecule has 0 unspecified atom stereocenters. The average molecular weight is 202 g/mol. The Labute approximate surface area is 82.4 Å². The highest BCUT2D eigenvalue weighted by Crippen LogP contribution is 2.28. The lowest BCUT2D eigenvalue weighted by Gasteiger charge is -2.08. The van der Waals surface area contributed by atoms with E-state index in [1.165, 1.54) is 0 Å². The summed E-state index contributed by atoms with van der Waals surface area (Å²) in [6.07, 6.45) is 0. The van der Waals surface area contributed by atoms with Crippen LogP contribution in [0, 0.1) is 0 Å². The maximum Gasteiger partial charge on any atom is 0.143 e. The molecule has 0 radical (unpaired) electrons. The van der Waals surface area contributed by atoms with Crippen LogP contribution in [0.5, 0.6) is 5.75 Å². The third-order valence-electron chi connectivity index (χ3n) is 1.56. The molecule has 0 saturated heterocycles. The zero-order valence-electron chi connectivity index (χ0n) is 7.42. The second-order valence-electron chi connectivity index (χ2n) is 2.49. The van der Waals surface area contributed by atoms with Crippen LogP contribution in [-0.2, 0) is 4.74 Å². The minimum atomic E-state index is 0.472. The molecule has 0 bridgehead atoms.